The number of carbonyl (C=O) groups excluding carboxylic acids is 1. The number of hydrogen-bond acceptors (Lipinski definition) is 4. The second-order valence-corrected chi connectivity index (χ2v) is 7.57. The summed E-state index contributed by atoms with van der Waals surface area (Å²) in [6.45, 7) is 1.77. The Morgan fingerprint density at radius 2 is 1.89 bits per heavy atom. The third-order valence-corrected chi connectivity index (χ3v) is 5.00. The van der Waals surface area contributed by atoms with Gasteiger partial charge in [0.05, 0.1) is 15.2 Å². The zero-order valence-electron chi connectivity index (χ0n) is 14.4. The van der Waals surface area contributed by atoms with Gasteiger partial charge in [-0.1, -0.05) is 30.3 Å². The molecule has 27 heavy (non-hydrogen) atoms. The number of benzene rings is 3. The van der Waals surface area contributed by atoms with E-state index in [0.29, 0.717) is 11.3 Å². The number of hydrogen-bond donors (Lipinski definition) is 2. The standard InChI is InChI=1S/C20H16Br2N2O3/c1-12-8-16(21)20(17(22)9-12)27-11-19(26)24-23-10-15-14-5-3-2-4-13(14)6-7-18(15)25/h2-10,25H,11H2,1H3,(H,24,26)/b23-10+. The van der Waals surface area contributed by atoms with Crippen molar-refractivity contribution in [2.45, 2.75) is 6.92 Å². The van der Waals surface area contributed by atoms with Gasteiger partial charge in [0.1, 0.15) is 11.5 Å². The maximum atomic E-state index is 12.0. The maximum absolute atomic E-state index is 12.0. The molecule has 0 aliphatic rings. The summed E-state index contributed by atoms with van der Waals surface area (Å²) in [6, 6.07) is 14.8. The lowest BCUT2D eigenvalue weighted by molar-refractivity contribution is -0.123. The minimum atomic E-state index is -0.412. The van der Waals surface area contributed by atoms with Crippen molar-refractivity contribution in [3.8, 4) is 11.5 Å². The van der Waals surface area contributed by atoms with Crippen LogP contribution in [-0.4, -0.2) is 23.8 Å². The van der Waals surface area contributed by atoms with Gasteiger partial charge in [-0.2, -0.15) is 5.10 Å². The second-order valence-electron chi connectivity index (χ2n) is 5.86. The summed E-state index contributed by atoms with van der Waals surface area (Å²) in [5.74, 6) is 0.229. The van der Waals surface area contributed by atoms with Crippen molar-refractivity contribution < 1.29 is 14.6 Å². The lowest BCUT2D eigenvalue weighted by atomic mass is 10.0. The minimum Gasteiger partial charge on any atom is -0.507 e. The molecule has 0 unspecified atom stereocenters. The van der Waals surface area contributed by atoms with Crippen molar-refractivity contribution in [3.05, 3.63) is 68.6 Å². The number of halogens is 2. The molecule has 0 aliphatic heterocycles. The number of phenolic OH excluding ortho intramolecular Hbond substituents is 1. The Morgan fingerprint density at radius 3 is 2.63 bits per heavy atom. The summed E-state index contributed by atoms with van der Waals surface area (Å²) < 4.78 is 7.06. The van der Waals surface area contributed by atoms with Crippen molar-refractivity contribution in [3.63, 3.8) is 0 Å². The highest BCUT2D eigenvalue weighted by atomic mass is 79.9. The fourth-order valence-electron chi connectivity index (χ4n) is 2.58. The topological polar surface area (TPSA) is 70.9 Å². The van der Waals surface area contributed by atoms with Crippen LogP contribution in [0.1, 0.15) is 11.1 Å². The van der Waals surface area contributed by atoms with E-state index in [4.69, 9.17) is 4.74 Å². The van der Waals surface area contributed by atoms with Gasteiger partial charge >= 0.3 is 0 Å². The quantitative estimate of drug-likeness (QED) is 0.393. The number of aromatic hydroxyl groups is 1. The summed E-state index contributed by atoms with van der Waals surface area (Å²) in [5, 5.41) is 15.8. The number of hydrazone groups is 1. The Morgan fingerprint density at radius 1 is 1.19 bits per heavy atom. The molecule has 0 fully saturated rings. The van der Waals surface area contributed by atoms with E-state index in [1.165, 1.54) is 6.21 Å². The van der Waals surface area contributed by atoms with Crippen molar-refractivity contribution in [1.29, 1.82) is 0 Å². The number of phenols is 1. The molecule has 3 aromatic carbocycles. The Hall–Kier alpha value is -2.38. The highest BCUT2D eigenvalue weighted by Gasteiger charge is 2.10. The molecule has 0 radical (unpaired) electrons. The normalized spacial score (nSPS) is 11.1. The Balaban J connectivity index is 1.66. The number of nitrogens with zero attached hydrogens (tertiary/aromatic N) is 1. The first-order valence-electron chi connectivity index (χ1n) is 8.07. The molecule has 0 bridgehead atoms. The molecule has 0 aliphatic carbocycles. The first-order chi connectivity index (χ1) is 13.0. The lowest BCUT2D eigenvalue weighted by Crippen LogP contribution is -2.24. The predicted octanol–water partition coefficient (Wildman–Crippen LogP) is 4.91. The minimum absolute atomic E-state index is 0.0930. The molecule has 0 atom stereocenters. The molecule has 0 saturated heterocycles. The van der Waals surface area contributed by atoms with Gasteiger partial charge in [-0.3, -0.25) is 4.79 Å². The van der Waals surface area contributed by atoms with Crippen molar-refractivity contribution in [2.24, 2.45) is 5.10 Å². The smallest absolute Gasteiger partial charge is 0.277 e. The molecule has 1 amide bonds. The van der Waals surface area contributed by atoms with Gasteiger partial charge in [-0.25, -0.2) is 5.43 Å². The monoisotopic (exact) mass is 490 g/mol. The summed E-state index contributed by atoms with van der Waals surface area (Å²) in [6.07, 6.45) is 1.42. The number of carbonyl (C=O) groups is 1. The number of aryl methyl sites for hydroxylation is 1. The van der Waals surface area contributed by atoms with Gasteiger partial charge in [0.15, 0.2) is 6.61 Å². The van der Waals surface area contributed by atoms with E-state index in [1.54, 1.807) is 6.07 Å². The lowest BCUT2D eigenvalue weighted by Gasteiger charge is -2.10. The number of fused-ring (bicyclic) bond motifs is 1. The SMILES string of the molecule is Cc1cc(Br)c(OCC(=O)N/N=C/c2c(O)ccc3ccccc23)c(Br)c1. The first-order valence-corrected chi connectivity index (χ1v) is 9.65. The van der Waals surface area contributed by atoms with E-state index in [-0.39, 0.29) is 12.4 Å². The fraction of sp³-hybridized carbons (Fsp3) is 0.100. The van der Waals surface area contributed by atoms with Crippen LogP contribution in [0.25, 0.3) is 10.8 Å². The van der Waals surface area contributed by atoms with Crippen LogP contribution in [0.4, 0.5) is 0 Å². The molecule has 0 spiro atoms. The largest absolute Gasteiger partial charge is 0.507 e. The van der Waals surface area contributed by atoms with Crippen LogP contribution in [0.5, 0.6) is 11.5 Å². The third kappa shape index (κ3) is 4.67. The van der Waals surface area contributed by atoms with Crippen LogP contribution in [0.15, 0.2) is 62.6 Å². The van der Waals surface area contributed by atoms with E-state index in [2.05, 4.69) is 42.4 Å². The van der Waals surface area contributed by atoms with E-state index < -0.39 is 5.91 Å². The second kappa shape index (κ2) is 8.54. The number of amides is 1. The zero-order chi connectivity index (χ0) is 19.4. The molecule has 0 heterocycles. The molecule has 2 N–H and O–H groups in total. The average Bonchev–Trinajstić information content (AvgIpc) is 2.62. The van der Waals surface area contributed by atoms with Gasteiger partial charge in [0, 0.05) is 5.56 Å². The van der Waals surface area contributed by atoms with Gasteiger partial charge in [-0.05, 0) is 73.3 Å². The van der Waals surface area contributed by atoms with Crippen LogP contribution < -0.4 is 10.2 Å². The Labute approximate surface area is 173 Å². The highest BCUT2D eigenvalue weighted by molar-refractivity contribution is 9.11. The van der Waals surface area contributed by atoms with Crippen molar-refractivity contribution in [1.82, 2.24) is 5.43 Å². The van der Waals surface area contributed by atoms with Crippen LogP contribution in [0.3, 0.4) is 0 Å². The average molecular weight is 492 g/mol. The fourth-order valence-corrected chi connectivity index (χ4v) is 4.23. The number of nitrogens with one attached hydrogen (secondary N) is 1. The molecular formula is C20H16Br2N2O3. The molecule has 7 heteroatoms. The van der Waals surface area contributed by atoms with E-state index in [1.807, 2.05) is 49.4 Å². The first kappa shape index (κ1) is 19.4. The van der Waals surface area contributed by atoms with Crippen LogP contribution >= 0.6 is 31.9 Å². The summed E-state index contributed by atoms with van der Waals surface area (Å²) in [4.78, 5) is 12.0. The number of rotatable bonds is 5. The van der Waals surface area contributed by atoms with Gasteiger partial charge in [0.2, 0.25) is 0 Å². The molecule has 0 aromatic heterocycles. The molecule has 0 saturated carbocycles. The van der Waals surface area contributed by atoms with Crippen LogP contribution in [-0.2, 0) is 4.79 Å². The maximum Gasteiger partial charge on any atom is 0.277 e. The van der Waals surface area contributed by atoms with E-state index >= 15 is 0 Å². The molecular weight excluding hydrogens is 476 g/mol. The summed E-state index contributed by atoms with van der Waals surface area (Å²) >= 11 is 6.84. The Kier molecular flexibility index (Phi) is 6.13. The third-order valence-electron chi connectivity index (χ3n) is 3.82. The van der Waals surface area contributed by atoms with Crippen molar-refractivity contribution >= 4 is 54.8 Å². The summed E-state index contributed by atoms with van der Waals surface area (Å²) in [7, 11) is 0. The van der Waals surface area contributed by atoms with Crippen LogP contribution in [0.2, 0.25) is 0 Å². The van der Waals surface area contributed by atoms with Crippen molar-refractivity contribution in [2.75, 3.05) is 6.61 Å². The van der Waals surface area contributed by atoms with Gasteiger partial charge in [0.25, 0.3) is 5.91 Å². The summed E-state index contributed by atoms with van der Waals surface area (Å²) in [5.41, 5.74) is 4.01. The highest BCUT2D eigenvalue weighted by Crippen LogP contribution is 2.34. The molecule has 5 nitrogen and oxygen atoms in total. The Bertz CT molecular complexity index is 1010. The molecule has 3 rings (SSSR count). The zero-order valence-corrected chi connectivity index (χ0v) is 17.5. The van der Waals surface area contributed by atoms with Gasteiger partial charge in [-0.15, -0.1) is 0 Å². The van der Waals surface area contributed by atoms with E-state index in [9.17, 15) is 9.90 Å². The van der Waals surface area contributed by atoms with Gasteiger partial charge < -0.3 is 9.84 Å². The van der Waals surface area contributed by atoms with E-state index in [0.717, 1.165) is 25.3 Å². The van der Waals surface area contributed by atoms with Crippen LogP contribution in [0, 0.1) is 6.92 Å². The molecule has 138 valence electrons. The predicted molar refractivity (Wildman–Crippen MR) is 113 cm³/mol. The molecule has 3 aromatic rings. The number of ether oxygens (including phenoxy) is 1.